The molecule has 1 saturated heterocycles. The Labute approximate surface area is 148 Å². The molecule has 0 bridgehead atoms. The van der Waals surface area contributed by atoms with Crippen molar-refractivity contribution in [3.63, 3.8) is 0 Å². The molecule has 1 fully saturated rings. The minimum absolute atomic E-state index is 0. The average Bonchev–Trinajstić information content (AvgIpc) is 3.04. The van der Waals surface area contributed by atoms with Crippen molar-refractivity contribution < 1.29 is 4.74 Å². The fourth-order valence-corrected chi connectivity index (χ4v) is 3.27. The molecule has 21 heavy (non-hydrogen) atoms. The number of hydrogen-bond donors (Lipinski definition) is 2. The lowest BCUT2D eigenvalue weighted by Crippen LogP contribution is -2.41. The van der Waals surface area contributed by atoms with Crippen molar-refractivity contribution in [1.29, 1.82) is 0 Å². The van der Waals surface area contributed by atoms with Gasteiger partial charge in [0.15, 0.2) is 5.96 Å². The summed E-state index contributed by atoms with van der Waals surface area (Å²) in [6.07, 6.45) is 3.63. The zero-order chi connectivity index (χ0) is 14.4. The summed E-state index contributed by atoms with van der Waals surface area (Å²) in [5.74, 6) is 0.847. The maximum atomic E-state index is 5.59. The summed E-state index contributed by atoms with van der Waals surface area (Å²) in [6, 6.07) is 0. The Balaban J connectivity index is 0.00000220. The fourth-order valence-electron chi connectivity index (χ4n) is 2.34. The Morgan fingerprint density at radius 1 is 1.43 bits per heavy atom. The summed E-state index contributed by atoms with van der Waals surface area (Å²) >= 11 is 1.78. The van der Waals surface area contributed by atoms with Gasteiger partial charge in [-0.15, -0.1) is 35.3 Å². The number of rotatable bonds is 5. The Kier molecular flexibility index (Phi) is 8.50. The SMILES string of the molecule is CN=C(NCCc1sc(C)nc1C)NCC1CCCO1.I. The second-order valence-corrected chi connectivity index (χ2v) is 6.29. The van der Waals surface area contributed by atoms with Crippen molar-refractivity contribution in [2.45, 2.75) is 39.2 Å². The molecule has 2 heterocycles. The maximum Gasteiger partial charge on any atom is 0.191 e. The molecule has 2 N–H and O–H groups in total. The topological polar surface area (TPSA) is 58.5 Å². The molecule has 1 atom stereocenters. The van der Waals surface area contributed by atoms with E-state index in [-0.39, 0.29) is 24.0 Å². The van der Waals surface area contributed by atoms with E-state index in [1.54, 1.807) is 18.4 Å². The van der Waals surface area contributed by atoms with E-state index >= 15 is 0 Å². The predicted molar refractivity (Wildman–Crippen MR) is 99.0 cm³/mol. The van der Waals surface area contributed by atoms with Crippen LogP contribution in [0.4, 0.5) is 0 Å². The molecule has 1 aromatic heterocycles. The van der Waals surface area contributed by atoms with Crippen LogP contribution in [-0.2, 0) is 11.2 Å². The van der Waals surface area contributed by atoms with Crippen molar-refractivity contribution in [2.24, 2.45) is 4.99 Å². The van der Waals surface area contributed by atoms with E-state index < -0.39 is 0 Å². The van der Waals surface area contributed by atoms with Gasteiger partial charge in [-0.25, -0.2) is 4.98 Å². The van der Waals surface area contributed by atoms with Gasteiger partial charge >= 0.3 is 0 Å². The first-order chi connectivity index (χ1) is 9.69. The fraction of sp³-hybridized carbons (Fsp3) is 0.714. The van der Waals surface area contributed by atoms with Crippen LogP contribution in [0.15, 0.2) is 4.99 Å². The highest BCUT2D eigenvalue weighted by molar-refractivity contribution is 14.0. The van der Waals surface area contributed by atoms with Crippen LogP contribution in [0.1, 0.15) is 28.4 Å². The second-order valence-electron chi connectivity index (χ2n) is 5.01. The number of aryl methyl sites for hydroxylation is 2. The van der Waals surface area contributed by atoms with Crippen molar-refractivity contribution in [3.8, 4) is 0 Å². The zero-order valence-corrected chi connectivity index (χ0v) is 16.1. The van der Waals surface area contributed by atoms with Crippen LogP contribution in [0.3, 0.4) is 0 Å². The Morgan fingerprint density at radius 2 is 2.24 bits per heavy atom. The van der Waals surface area contributed by atoms with E-state index in [0.717, 1.165) is 49.2 Å². The van der Waals surface area contributed by atoms with Gasteiger partial charge in [-0.1, -0.05) is 0 Å². The molecule has 1 aliphatic rings. The second kappa shape index (κ2) is 9.58. The molecule has 0 aliphatic carbocycles. The molecule has 0 amide bonds. The van der Waals surface area contributed by atoms with Crippen LogP contribution in [0.5, 0.6) is 0 Å². The number of halogens is 1. The lowest BCUT2D eigenvalue weighted by molar-refractivity contribution is 0.114. The first-order valence-electron chi connectivity index (χ1n) is 7.18. The molecule has 1 aromatic rings. The first kappa shape index (κ1) is 18.6. The third kappa shape index (κ3) is 6.07. The van der Waals surface area contributed by atoms with Crippen molar-refractivity contribution in [1.82, 2.24) is 15.6 Å². The number of aromatic nitrogens is 1. The first-order valence-corrected chi connectivity index (χ1v) is 7.99. The minimum atomic E-state index is 0. The number of ether oxygens (including phenoxy) is 1. The average molecular weight is 424 g/mol. The molecule has 0 saturated carbocycles. The number of nitrogens with one attached hydrogen (secondary N) is 2. The standard InChI is InChI=1S/C14H24N4OS.HI/c1-10-13(20-11(2)18-10)6-7-16-14(15-3)17-9-12-5-4-8-19-12;/h12H,4-9H2,1-3H3,(H2,15,16,17);1H. The van der Waals surface area contributed by atoms with Crippen LogP contribution in [0.25, 0.3) is 0 Å². The van der Waals surface area contributed by atoms with Crippen LogP contribution >= 0.6 is 35.3 Å². The van der Waals surface area contributed by atoms with Crippen LogP contribution in [-0.4, -0.2) is 43.8 Å². The highest BCUT2D eigenvalue weighted by Gasteiger charge is 2.15. The molecule has 0 radical (unpaired) electrons. The Bertz CT molecular complexity index is 458. The molecule has 5 nitrogen and oxygen atoms in total. The van der Waals surface area contributed by atoms with Gasteiger partial charge < -0.3 is 15.4 Å². The van der Waals surface area contributed by atoms with Crippen molar-refractivity contribution >= 4 is 41.3 Å². The molecule has 7 heteroatoms. The van der Waals surface area contributed by atoms with Gasteiger partial charge in [-0.05, 0) is 26.7 Å². The van der Waals surface area contributed by atoms with E-state index in [1.807, 2.05) is 0 Å². The van der Waals surface area contributed by atoms with Crippen molar-refractivity contribution in [2.75, 3.05) is 26.7 Å². The van der Waals surface area contributed by atoms with Gasteiger partial charge in [0.1, 0.15) is 0 Å². The molecule has 1 unspecified atom stereocenters. The lowest BCUT2D eigenvalue weighted by atomic mass is 10.2. The van der Waals surface area contributed by atoms with Gasteiger partial charge in [-0.2, -0.15) is 0 Å². The molecule has 0 aromatic carbocycles. The predicted octanol–water partition coefficient (Wildman–Crippen LogP) is 2.26. The summed E-state index contributed by atoms with van der Waals surface area (Å²) in [5, 5.41) is 7.80. The van der Waals surface area contributed by atoms with Crippen LogP contribution < -0.4 is 10.6 Å². The number of guanidine groups is 1. The maximum absolute atomic E-state index is 5.59. The number of aliphatic imine (C=N–C) groups is 1. The van der Waals surface area contributed by atoms with E-state index in [2.05, 4.69) is 34.5 Å². The molecular weight excluding hydrogens is 399 g/mol. The third-order valence-corrected chi connectivity index (χ3v) is 4.52. The summed E-state index contributed by atoms with van der Waals surface area (Å²) in [4.78, 5) is 10.0. The van der Waals surface area contributed by atoms with Gasteiger partial charge in [0.2, 0.25) is 0 Å². The molecule has 1 aliphatic heterocycles. The van der Waals surface area contributed by atoms with Crippen LogP contribution in [0, 0.1) is 13.8 Å². The minimum Gasteiger partial charge on any atom is -0.376 e. The number of nitrogens with zero attached hydrogens (tertiary/aromatic N) is 2. The Hall–Kier alpha value is -0.410. The molecule has 120 valence electrons. The normalized spacial score (nSPS) is 18.4. The summed E-state index contributed by atoms with van der Waals surface area (Å²) < 4.78 is 5.59. The third-order valence-electron chi connectivity index (χ3n) is 3.39. The monoisotopic (exact) mass is 424 g/mol. The molecule has 2 rings (SSSR count). The number of hydrogen-bond acceptors (Lipinski definition) is 4. The number of thiazole rings is 1. The summed E-state index contributed by atoms with van der Waals surface area (Å²) in [7, 11) is 1.80. The Morgan fingerprint density at radius 3 is 2.81 bits per heavy atom. The van der Waals surface area contributed by atoms with Gasteiger partial charge in [0.25, 0.3) is 0 Å². The van der Waals surface area contributed by atoms with Gasteiger partial charge in [0, 0.05) is 38.0 Å². The quantitative estimate of drug-likeness (QED) is 0.433. The highest BCUT2D eigenvalue weighted by Crippen LogP contribution is 2.17. The summed E-state index contributed by atoms with van der Waals surface area (Å²) in [5.41, 5.74) is 1.15. The van der Waals surface area contributed by atoms with Gasteiger partial charge in [0.05, 0.1) is 16.8 Å². The van der Waals surface area contributed by atoms with Crippen molar-refractivity contribution in [3.05, 3.63) is 15.6 Å². The smallest absolute Gasteiger partial charge is 0.191 e. The zero-order valence-electron chi connectivity index (χ0n) is 12.9. The summed E-state index contributed by atoms with van der Waals surface area (Å²) in [6.45, 7) is 6.72. The van der Waals surface area contributed by atoms with Gasteiger partial charge in [-0.3, -0.25) is 4.99 Å². The van der Waals surface area contributed by atoms with E-state index in [4.69, 9.17) is 4.74 Å². The highest BCUT2D eigenvalue weighted by atomic mass is 127. The largest absolute Gasteiger partial charge is 0.376 e. The van der Waals surface area contributed by atoms with E-state index in [1.165, 1.54) is 11.3 Å². The molecular formula is C14H25IN4OS. The van der Waals surface area contributed by atoms with E-state index in [0.29, 0.717) is 6.10 Å². The van der Waals surface area contributed by atoms with E-state index in [9.17, 15) is 0 Å². The van der Waals surface area contributed by atoms with Crippen LogP contribution in [0.2, 0.25) is 0 Å². The molecule has 0 spiro atoms. The lowest BCUT2D eigenvalue weighted by Gasteiger charge is -2.14.